The number of methoxy groups -OCH3 is 1. The number of para-hydroxylation sites is 1. The summed E-state index contributed by atoms with van der Waals surface area (Å²) in [6, 6.07) is 6.21. The Morgan fingerprint density at radius 1 is 1.43 bits per heavy atom. The molecule has 2 heterocycles. The fraction of sp³-hybridized carbons (Fsp3) is 0.375. The monoisotopic (exact) mass is 320 g/mol. The molecule has 122 valence electrons. The van der Waals surface area contributed by atoms with E-state index in [4.69, 9.17) is 14.9 Å². The van der Waals surface area contributed by atoms with Crippen molar-refractivity contribution in [1.82, 2.24) is 4.90 Å². The third kappa shape index (κ3) is 2.68. The number of likely N-dealkylation sites (tertiary alicyclic amines) is 1. The second kappa shape index (κ2) is 6.00. The van der Waals surface area contributed by atoms with Gasteiger partial charge < -0.3 is 19.8 Å². The SMILES string of the molecule is COCc1c(C(=O)N2C[C@H](F)C[C@H]2C(N)=O)oc2ccccc12. The van der Waals surface area contributed by atoms with Gasteiger partial charge in [0, 0.05) is 24.5 Å². The molecule has 3 rings (SSSR count). The lowest BCUT2D eigenvalue weighted by Gasteiger charge is -2.21. The summed E-state index contributed by atoms with van der Waals surface area (Å²) < 4.78 is 24.4. The number of rotatable bonds is 4. The number of carbonyl (C=O) groups excluding carboxylic acids is 2. The molecule has 2 atom stereocenters. The number of nitrogens with zero attached hydrogens (tertiary/aromatic N) is 1. The molecule has 23 heavy (non-hydrogen) atoms. The van der Waals surface area contributed by atoms with Crippen LogP contribution in [0, 0.1) is 0 Å². The number of amides is 2. The molecule has 0 spiro atoms. The van der Waals surface area contributed by atoms with Crippen LogP contribution in [0.3, 0.4) is 0 Å². The zero-order valence-electron chi connectivity index (χ0n) is 12.6. The Morgan fingerprint density at radius 3 is 2.87 bits per heavy atom. The van der Waals surface area contributed by atoms with Gasteiger partial charge in [0.05, 0.1) is 13.2 Å². The first kappa shape index (κ1) is 15.5. The van der Waals surface area contributed by atoms with Crippen molar-refractivity contribution in [2.75, 3.05) is 13.7 Å². The normalized spacial score (nSPS) is 21.0. The van der Waals surface area contributed by atoms with Gasteiger partial charge in [-0.05, 0) is 6.07 Å². The zero-order valence-corrected chi connectivity index (χ0v) is 12.6. The number of fused-ring (bicyclic) bond motifs is 1. The largest absolute Gasteiger partial charge is 0.451 e. The van der Waals surface area contributed by atoms with Crippen LogP contribution in [0.5, 0.6) is 0 Å². The molecule has 2 amide bonds. The molecule has 1 fully saturated rings. The van der Waals surface area contributed by atoms with Gasteiger partial charge in [-0.1, -0.05) is 18.2 Å². The Labute approximate surface area is 132 Å². The van der Waals surface area contributed by atoms with E-state index in [-0.39, 0.29) is 25.3 Å². The first-order valence-electron chi connectivity index (χ1n) is 7.26. The van der Waals surface area contributed by atoms with Crippen LogP contribution in [0.4, 0.5) is 4.39 Å². The van der Waals surface area contributed by atoms with Gasteiger partial charge in [0.2, 0.25) is 5.91 Å². The van der Waals surface area contributed by atoms with Crippen LogP contribution in [0.1, 0.15) is 22.5 Å². The smallest absolute Gasteiger partial charge is 0.290 e. The molecule has 0 bridgehead atoms. The van der Waals surface area contributed by atoms with Crippen molar-refractivity contribution in [2.45, 2.75) is 25.2 Å². The predicted octanol–water partition coefficient (Wildman–Crippen LogP) is 1.62. The summed E-state index contributed by atoms with van der Waals surface area (Å²) in [5, 5.41) is 0.754. The summed E-state index contributed by atoms with van der Waals surface area (Å²) in [6.45, 7) is 0.00211. The van der Waals surface area contributed by atoms with Gasteiger partial charge in [-0.3, -0.25) is 9.59 Å². The number of alkyl halides is 1. The summed E-state index contributed by atoms with van der Waals surface area (Å²) in [4.78, 5) is 25.4. The van der Waals surface area contributed by atoms with E-state index >= 15 is 0 Å². The third-order valence-corrected chi connectivity index (χ3v) is 4.02. The van der Waals surface area contributed by atoms with E-state index in [0.717, 1.165) is 10.3 Å². The minimum absolute atomic E-state index is 0.0633. The average Bonchev–Trinajstić information content (AvgIpc) is 3.09. The molecule has 7 heteroatoms. The third-order valence-electron chi connectivity index (χ3n) is 4.02. The lowest BCUT2D eigenvalue weighted by molar-refractivity contribution is -0.121. The topological polar surface area (TPSA) is 85.8 Å². The van der Waals surface area contributed by atoms with Gasteiger partial charge in [0.25, 0.3) is 5.91 Å². The number of furan rings is 1. The van der Waals surface area contributed by atoms with E-state index in [0.29, 0.717) is 11.1 Å². The molecule has 0 radical (unpaired) electrons. The highest BCUT2D eigenvalue weighted by molar-refractivity contribution is 6.01. The molecule has 6 nitrogen and oxygen atoms in total. The number of carbonyl (C=O) groups is 2. The molecule has 1 aliphatic rings. The van der Waals surface area contributed by atoms with Gasteiger partial charge in [-0.25, -0.2) is 4.39 Å². The Kier molecular flexibility index (Phi) is 4.04. The minimum Gasteiger partial charge on any atom is -0.451 e. The average molecular weight is 320 g/mol. The lowest BCUT2D eigenvalue weighted by Crippen LogP contribution is -2.43. The second-order valence-electron chi connectivity index (χ2n) is 5.55. The quantitative estimate of drug-likeness (QED) is 0.927. The predicted molar refractivity (Wildman–Crippen MR) is 80.5 cm³/mol. The number of benzene rings is 1. The van der Waals surface area contributed by atoms with Crippen molar-refractivity contribution < 1.29 is 23.1 Å². The Morgan fingerprint density at radius 2 is 2.17 bits per heavy atom. The Bertz CT molecular complexity index is 758. The maximum Gasteiger partial charge on any atom is 0.290 e. The van der Waals surface area contributed by atoms with Gasteiger partial charge in [-0.15, -0.1) is 0 Å². The highest BCUT2D eigenvalue weighted by atomic mass is 19.1. The van der Waals surface area contributed by atoms with Gasteiger partial charge >= 0.3 is 0 Å². The van der Waals surface area contributed by atoms with Crippen molar-refractivity contribution in [1.29, 1.82) is 0 Å². The van der Waals surface area contributed by atoms with Crippen LogP contribution in [-0.2, 0) is 16.1 Å². The second-order valence-corrected chi connectivity index (χ2v) is 5.55. The molecule has 2 aromatic rings. The molecule has 1 aromatic heterocycles. The molecular formula is C16H17FN2O4. The van der Waals surface area contributed by atoms with Crippen molar-refractivity contribution >= 4 is 22.8 Å². The van der Waals surface area contributed by atoms with E-state index in [9.17, 15) is 14.0 Å². The number of nitrogens with two attached hydrogens (primary N) is 1. The zero-order chi connectivity index (χ0) is 16.6. The van der Waals surface area contributed by atoms with Crippen molar-refractivity contribution in [3.05, 3.63) is 35.6 Å². The van der Waals surface area contributed by atoms with E-state index in [1.54, 1.807) is 12.1 Å². The minimum atomic E-state index is -1.27. The number of halogens is 1. The van der Waals surface area contributed by atoms with Crippen LogP contribution in [0.2, 0.25) is 0 Å². The van der Waals surface area contributed by atoms with Crippen LogP contribution in [0.25, 0.3) is 11.0 Å². The van der Waals surface area contributed by atoms with E-state index in [2.05, 4.69) is 0 Å². The molecule has 0 saturated carbocycles. The van der Waals surface area contributed by atoms with E-state index in [1.165, 1.54) is 7.11 Å². The summed E-state index contributed by atoms with van der Waals surface area (Å²) in [5.41, 5.74) is 6.40. The summed E-state index contributed by atoms with van der Waals surface area (Å²) in [6.07, 6.45) is -1.35. The first-order chi connectivity index (χ1) is 11.0. The van der Waals surface area contributed by atoms with Crippen molar-refractivity contribution in [2.24, 2.45) is 5.73 Å². The first-order valence-corrected chi connectivity index (χ1v) is 7.26. The number of hydrogen-bond donors (Lipinski definition) is 1. The molecule has 0 aliphatic carbocycles. The fourth-order valence-electron chi connectivity index (χ4n) is 2.97. The van der Waals surface area contributed by atoms with Gasteiger partial charge in [0.1, 0.15) is 17.8 Å². The van der Waals surface area contributed by atoms with Crippen LogP contribution >= 0.6 is 0 Å². The van der Waals surface area contributed by atoms with Crippen LogP contribution in [-0.4, -0.2) is 42.6 Å². The summed E-state index contributed by atoms with van der Waals surface area (Å²) in [7, 11) is 1.51. The lowest BCUT2D eigenvalue weighted by atomic mass is 10.1. The van der Waals surface area contributed by atoms with Gasteiger partial charge in [-0.2, -0.15) is 0 Å². The fourth-order valence-corrected chi connectivity index (χ4v) is 2.97. The number of hydrogen-bond acceptors (Lipinski definition) is 4. The molecule has 1 saturated heterocycles. The van der Waals surface area contributed by atoms with Crippen LogP contribution < -0.4 is 5.73 Å². The summed E-state index contributed by atoms with van der Waals surface area (Å²) in [5.74, 6) is -1.20. The number of ether oxygens (including phenoxy) is 1. The van der Waals surface area contributed by atoms with Gasteiger partial charge in [0.15, 0.2) is 5.76 Å². The van der Waals surface area contributed by atoms with E-state index in [1.807, 2.05) is 12.1 Å². The standard InChI is InChI=1S/C16H17FN2O4/c1-22-8-11-10-4-2-3-5-13(10)23-14(11)16(21)19-7-9(17)6-12(19)15(18)20/h2-5,9,12H,6-8H2,1H3,(H2,18,20)/t9-,12+/m1/s1. The van der Waals surface area contributed by atoms with E-state index < -0.39 is 24.0 Å². The van der Waals surface area contributed by atoms with Crippen molar-refractivity contribution in [3.63, 3.8) is 0 Å². The highest BCUT2D eigenvalue weighted by Gasteiger charge is 2.41. The number of primary amides is 1. The van der Waals surface area contributed by atoms with Crippen LogP contribution in [0.15, 0.2) is 28.7 Å². The highest BCUT2D eigenvalue weighted by Crippen LogP contribution is 2.30. The Balaban J connectivity index is 2.03. The maximum atomic E-state index is 13.7. The Hall–Kier alpha value is -2.41. The molecule has 2 N–H and O–H groups in total. The molecule has 0 unspecified atom stereocenters. The molecular weight excluding hydrogens is 303 g/mol. The molecule has 1 aliphatic heterocycles. The maximum absolute atomic E-state index is 13.7. The summed E-state index contributed by atoms with van der Waals surface area (Å²) >= 11 is 0. The molecule has 1 aromatic carbocycles. The van der Waals surface area contributed by atoms with Crippen molar-refractivity contribution in [3.8, 4) is 0 Å².